The minimum atomic E-state index is 0.319. The van der Waals surface area contributed by atoms with E-state index >= 15 is 0 Å². The maximum Gasteiger partial charge on any atom is 0.172 e. The molecule has 0 atom stereocenters. The summed E-state index contributed by atoms with van der Waals surface area (Å²) in [6.07, 6.45) is 0.676. The quantitative estimate of drug-likeness (QED) is 0.797. The second kappa shape index (κ2) is 5.18. The van der Waals surface area contributed by atoms with E-state index in [0.717, 1.165) is 5.69 Å². The van der Waals surface area contributed by atoms with Crippen molar-refractivity contribution in [2.45, 2.75) is 13.8 Å². The average Bonchev–Trinajstić information content (AvgIpc) is 2.73. The summed E-state index contributed by atoms with van der Waals surface area (Å²) in [4.78, 5) is 10.7. The molecule has 2 rings (SSSR count). The van der Waals surface area contributed by atoms with Crippen LogP contribution in [0.4, 0.5) is 0 Å². The molecule has 2 aromatic rings. The summed E-state index contributed by atoms with van der Waals surface area (Å²) < 4.78 is 6.91. The summed E-state index contributed by atoms with van der Waals surface area (Å²) in [5.74, 6) is 0.622. The number of benzene rings is 1. The van der Waals surface area contributed by atoms with Crippen molar-refractivity contribution in [1.82, 2.24) is 15.0 Å². The molecular weight excluding hydrogens is 254 g/mol. The molecule has 0 amide bonds. The summed E-state index contributed by atoms with van der Waals surface area (Å²) in [6.45, 7) is 4.22. The number of aromatic nitrogens is 3. The Hall–Kier alpha value is -1.88. The van der Waals surface area contributed by atoms with Crippen LogP contribution in [0.3, 0.4) is 0 Å². The second-order valence-corrected chi connectivity index (χ2v) is 4.04. The number of hydrogen-bond donors (Lipinski definition) is 0. The van der Waals surface area contributed by atoms with Gasteiger partial charge in [-0.3, -0.25) is 4.79 Å². The van der Waals surface area contributed by atoms with Crippen molar-refractivity contribution in [2.24, 2.45) is 0 Å². The van der Waals surface area contributed by atoms with E-state index < -0.39 is 0 Å². The van der Waals surface area contributed by atoms with E-state index in [1.54, 1.807) is 23.7 Å². The molecule has 0 N–H and O–H groups in total. The first-order valence-corrected chi connectivity index (χ1v) is 5.85. The van der Waals surface area contributed by atoms with Gasteiger partial charge in [0.2, 0.25) is 0 Å². The monoisotopic (exact) mass is 265 g/mol. The number of ether oxygens (including phenoxy) is 1. The summed E-state index contributed by atoms with van der Waals surface area (Å²) in [7, 11) is 0. The molecule has 1 heterocycles. The van der Waals surface area contributed by atoms with Crippen LogP contribution in [-0.2, 0) is 0 Å². The van der Waals surface area contributed by atoms with Gasteiger partial charge in [0.15, 0.2) is 6.29 Å². The predicted octanol–water partition coefficient (Wildman–Crippen LogP) is 2.44. The number of aldehydes is 1. The summed E-state index contributed by atoms with van der Waals surface area (Å²) in [6, 6.07) is 5.30. The Morgan fingerprint density at radius 3 is 2.83 bits per heavy atom. The van der Waals surface area contributed by atoms with Crippen LogP contribution in [-0.4, -0.2) is 27.9 Å². The molecule has 18 heavy (non-hydrogen) atoms. The van der Waals surface area contributed by atoms with Gasteiger partial charge < -0.3 is 4.74 Å². The van der Waals surface area contributed by atoms with Crippen molar-refractivity contribution < 1.29 is 9.53 Å². The second-order valence-electron chi connectivity index (χ2n) is 3.64. The Kier molecular flexibility index (Phi) is 3.62. The fraction of sp³-hybridized carbons (Fsp3) is 0.250. The van der Waals surface area contributed by atoms with Gasteiger partial charge in [-0.25, -0.2) is 4.68 Å². The number of nitrogens with zero attached hydrogens (tertiary/aromatic N) is 3. The van der Waals surface area contributed by atoms with Gasteiger partial charge in [0, 0.05) is 0 Å². The summed E-state index contributed by atoms with van der Waals surface area (Å²) in [5.41, 5.74) is 1.73. The molecule has 0 saturated carbocycles. The number of carbonyl (C=O) groups excluding carboxylic acids is 1. The normalized spacial score (nSPS) is 10.4. The zero-order valence-electron chi connectivity index (χ0n) is 10.1. The van der Waals surface area contributed by atoms with E-state index in [9.17, 15) is 4.79 Å². The van der Waals surface area contributed by atoms with Crippen molar-refractivity contribution >= 4 is 17.9 Å². The van der Waals surface area contributed by atoms with Gasteiger partial charge in [0.25, 0.3) is 0 Å². The molecule has 5 nitrogen and oxygen atoms in total. The maximum atomic E-state index is 10.7. The highest BCUT2D eigenvalue weighted by molar-refractivity contribution is 6.32. The van der Waals surface area contributed by atoms with Crippen LogP contribution < -0.4 is 4.74 Å². The molecule has 0 fully saturated rings. The molecule has 0 aliphatic carbocycles. The number of rotatable bonds is 4. The van der Waals surface area contributed by atoms with Crippen molar-refractivity contribution in [3.63, 3.8) is 0 Å². The van der Waals surface area contributed by atoms with Gasteiger partial charge >= 0.3 is 0 Å². The van der Waals surface area contributed by atoms with E-state index in [4.69, 9.17) is 16.3 Å². The molecule has 1 aromatic carbocycles. The third-order valence-electron chi connectivity index (χ3n) is 2.50. The third kappa shape index (κ3) is 2.22. The molecule has 0 radical (unpaired) electrons. The van der Waals surface area contributed by atoms with Gasteiger partial charge in [0.1, 0.15) is 11.4 Å². The zero-order chi connectivity index (χ0) is 13.1. The van der Waals surface area contributed by atoms with Crippen LogP contribution in [0.15, 0.2) is 18.2 Å². The molecule has 0 spiro atoms. The topological polar surface area (TPSA) is 57.0 Å². The lowest BCUT2D eigenvalue weighted by molar-refractivity contribution is 0.111. The first-order chi connectivity index (χ1) is 8.67. The largest absolute Gasteiger partial charge is 0.492 e. The smallest absolute Gasteiger partial charge is 0.172 e. The summed E-state index contributed by atoms with van der Waals surface area (Å²) in [5, 5.41) is 8.18. The Morgan fingerprint density at radius 2 is 2.28 bits per heavy atom. The minimum absolute atomic E-state index is 0.319. The van der Waals surface area contributed by atoms with Gasteiger partial charge in [-0.15, -0.1) is 5.10 Å². The first-order valence-electron chi connectivity index (χ1n) is 5.47. The van der Waals surface area contributed by atoms with Crippen LogP contribution in [0.25, 0.3) is 5.69 Å². The Balaban J connectivity index is 2.42. The van der Waals surface area contributed by atoms with E-state index in [0.29, 0.717) is 35.1 Å². The van der Waals surface area contributed by atoms with Crippen molar-refractivity contribution in [3.8, 4) is 11.4 Å². The Morgan fingerprint density at radius 1 is 1.50 bits per heavy atom. The number of halogens is 1. The highest BCUT2D eigenvalue weighted by Gasteiger charge is 2.10. The van der Waals surface area contributed by atoms with Crippen molar-refractivity contribution in [1.29, 1.82) is 0 Å². The lowest BCUT2D eigenvalue weighted by Crippen LogP contribution is -2.00. The standard InChI is InChI=1S/C12H12ClN3O2/c1-3-18-12-5-4-9(6-10(12)13)16-8(2)11(7-17)14-15-16/h4-7H,3H2,1-2H3. The molecule has 0 aliphatic heterocycles. The fourth-order valence-electron chi connectivity index (χ4n) is 1.59. The molecule has 94 valence electrons. The molecule has 0 bridgehead atoms. The van der Waals surface area contributed by atoms with Crippen LogP contribution in [0.5, 0.6) is 5.75 Å². The van der Waals surface area contributed by atoms with Crippen molar-refractivity contribution in [2.75, 3.05) is 6.61 Å². The highest BCUT2D eigenvalue weighted by atomic mass is 35.5. The van der Waals surface area contributed by atoms with E-state index in [-0.39, 0.29) is 0 Å². The van der Waals surface area contributed by atoms with Crippen LogP contribution >= 0.6 is 11.6 Å². The maximum absolute atomic E-state index is 10.7. The minimum Gasteiger partial charge on any atom is -0.492 e. The number of hydrogen-bond acceptors (Lipinski definition) is 4. The molecular formula is C12H12ClN3O2. The van der Waals surface area contributed by atoms with Crippen LogP contribution in [0.1, 0.15) is 23.1 Å². The Bertz CT molecular complexity index is 581. The van der Waals surface area contributed by atoms with E-state index in [1.807, 2.05) is 13.0 Å². The Labute approximate surface area is 109 Å². The molecule has 0 saturated heterocycles. The fourth-order valence-corrected chi connectivity index (χ4v) is 1.82. The van der Waals surface area contributed by atoms with Crippen LogP contribution in [0.2, 0.25) is 5.02 Å². The third-order valence-corrected chi connectivity index (χ3v) is 2.80. The van der Waals surface area contributed by atoms with Gasteiger partial charge in [-0.05, 0) is 32.0 Å². The number of carbonyl (C=O) groups is 1. The SMILES string of the molecule is CCOc1ccc(-n2nnc(C=O)c2C)cc1Cl. The average molecular weight is 266 g/mol. The van der Waals surface area contributed by atoms with Crippen molar-refractivity contribution in [3.05, 3.63) is 34.6 Å². The van der Waals surface area contributed by atoms with E-state index in [1.165, 1.54) is 0 Å². The first kappa shape index (κ1) is 12.6. The zero-order valence-corrected chi connectivity index (χ0v) is 10.8. The van der Waals surface area contributed by atoms with Gasteiger partial charge in [-0.1, -0.05) is 16.8 Å². The van der Waals surface area contributed by atoms with Crippen LogP contribution in [0, 0.1) is 6.92 Å². The molecule has 1 aromatic heterocycles. The lowest BCUT2D eigenvalue weighted by atomic mass is 10.3. The van der Waals surface area contributed by atoms with Gasteiger partial charge in [-0.2, -0.15) is 0 Å². The predicted molar refractivity (Wildman–Crippen MR) is 67.7 cm³/mol. The highest BCUT2D eigenvalue weighted by Crippen LogP contribution is 2.27. The molecule has 6 heteroatoms. The molecule has 0 unspecified atom stereocenters. The van der Waals surface area contributed by atoms with E-state index in [2.05, 4.69) is 10.3 Å². The summed E-state index contributed by atoms with van der Waals surface area (Å²) >= 11 is 6.10. The molecule has 0 aliphatic rings. The van der Waals surface area contributed by atoms with Gasteiger partial charge in [0.05, 0.1) is 23.0 Å². The lowest BCUT2D eigenvalue weighted by Gasteiger charge is -2.08.